The van der Waals surface area contributed by atoms with Crippen LogP contribution in [0.2, 0.25) is 0 Å². The summed E-state index contributed by atoms with van der Waals surface area (Å²) in [4.78, 5) is 0. The first-order valence-corrected chi connectivity index (χ1v) is 8.15. The van der Waals surface area contributed by atoms with E-state index >= 15 is 0 Å². The normalized spacial score (nSPS) is 25.3. The molecule has 3 nitrogen and oxygen atoms in total. The summed E-state index contributed by atoms with van der Waals surface area (Å²) in [5.74, 6) is 1.91. The predicted octanol–water partition coefficient (Wildman–Crippen LogP) is 3.33. The van der Waals surface area contributed by atoms with Crippen molar-refractivity contribution in [1.82, 2.24) is 5.32 Å². The SMILES string of the molecule is COc1ccc(C(C)C(C)NC2CCC(CO)CC2)cc1. The van der Waals surface area contributed by atoms with Gasteiger partial charge >= 0.3 is 0 Å². The highest BCUT2D eigenvalue weighted by molar-refractivity contribution is 5.29. The maximum Gasteiger partial charge on any atom is 0.118 e. The van der Waals surface area contributed by atoms with Crippen molar-refractivity contribution in [3.8, 4) is 5.75 Å². The Hall–Kier alpha value is -1.06. The van der Waals surface area contributed by atoms with Crippen LogP contribution in [0.15, 0.2) is 24.3 Å². The monoisotopic (exact) mass is 291 g/mol. The molecule has 1 aromatic rings. The van der Waals surface area contributed by atoms with Crippen molar-refractivity contribution >= 4 is 0 Å². The standard InChI is InChI=1S/C18H29NO2/c1-13(16-6-10-18(21-3)11-7-16)14(2)19-17-8-4-15(12-20)5-9-17/h6-7,10-11,13-15,17,19-20H,4-5,8-9,12H2,1-3H3. The van der Waals surface area contributed by atoms with Crippen molar-refractivity contribution in [1.29, 1.82) is 0 Å². The average molecular weight is 291 g/mol. The van der Waals surface area contributed by atoms with Crippen LogP contribution in [-0.4, -0.2) is 30.9 Å². The van der Waals surface area contributed by atoms with Crippen molar-refractivity contribution in [2.45, 2.75) is 57.5 Å². The van der Waals surface area contributed by atoms with Gasteiger partial charge in [-0.1, -0.05) is 19.1 Å². The van der Waals surface area contributed by atoms with Crippen molar-refractivity contribution in [3.05, 3.63) is 29.8 Å². The number of hydrogen-bond donors (Lipinski definition) is 2. The van der Waals surface area contributed by atoms with Crippen molar-refractivity contribution in [3.63, 3.8) is 0 Å². The summed E-state index contributed by atoms with van der Waals surface area (Å²) < 4.78 is 5.22. The third-order valence-electron chi connectivity index (χ3n) is 5.00. The average Bonchev–Trinajstić information content (AvgIpc) is 2.55. The first-order valence-electron chi connectivity index (χ1n) is 8.15. The molecule has 3 heteroatoms. The Morgan fingerprint density at radius 1 is 1.14 bits per heavy atom. The van der Waals surface area contributed by atoms with Crippen LogP contribution in [0.1, 0.15) is 51.0 Å². The third-order valence-corrected chi connectivity index (χ3v) is 5.00. The molecule has 21 heavy (non-hydrogen) atoms. The van der Waals surface area contributed by atoms with Gasteiger partial charge in [0.2, 0.25) is 0 Å². The number of hydrogen-bond acceptors (Lipinski definition) is 3. The number of rotatable bonds is 6. The minimum atomic E-state index is 0.352. The van der Waals surface area contributed by atoms with Gasteiger partial charge in [-0.15, -0.1) is 0 Å². The van der Waals surface area contributed by atoms with Crippen LogP contribution >= 0.6 is 0 Å². The highest BCUT2D eigenvalue weighted by atomic mass is 16.5. The second-order valence-corrected chi connectivity index (χ2v) is 6.42. The molecule has 1 aromatic carbocycles. The molecule has 0 heterocycles. The molecular weight excluding hydrogens is 262 g/mol. The molecule has 2 rings (SSSR count). The molecule has 1 aliphatic carbocycles. The molecular formula is C18H29NO2. The molecule has 2 N–H and O–H groups in total. The fraction of sp³-hybridized carbons (Fsp3) is 0.667. The van der Waals surface area contributed by atoms with Crippen LogP contribution in [0.4, 0.5) is 0 Å². The number of nitrogens with one attached hydrogen (secondary N) is 1. The number of benzene rings is 1. The van der Waals surface area contributed by atoms with Crippen LogP contribution in [-0.2, 0) is 0 Å². The molecule has 0 aromatic heterocycles. The summed E-state index contributed by atoms with van der Waals surface area (Å²) >= 11 is 0. The molecule has 0 spiro atoms. The Kier molecular flexibility index (Phi) is 6.07. The number of methoxy groups -OCH3 is 1. The lowest BCUT2D eigenvalue weighted by atomic mass is 9.85. The van der Waals surface area contributed by atoms with Gasteiger partial charge < -0.3 is 15.2 Å². The molecule has 0 aliphatic heterocycles. The molecule has 0 bridgehead atoms. The summed E-state index contributed by atoms with van der Waals surface area (Å²) in [7, 11) is 1.70. The zero-order valence-electron chi connectivity index (χ0n) is 13.5. The molecule has 1 fully saturated rings. The number of aliphatic hydroxyl groups is 1. The van der Waals surface area contributed by atoms with Gasteiger partial charge in [-0.3, -0.25) is 0 Å². The lowest BCUT2D eigenvalue weighted by Gasteiger charge is -2.32. The van der Waals surface area contributed by atoms with E-state index in [9.17, 15) is 5.11 Å². The second-order valence-electron chi connectivity index (χ2n) is 6.42. The summed E-state index contributed by atoms with van der Waals surface area (Å²) in [6, 6.07) is 9.43. The topological polar surface area (TPSA) is 41.5 Å². The lowest BCUT2D eigenvalue weighted by Crippen LogP contribution is -2.41. The molecule has 118 valence electrons. The largest absolute Gasteiger partial charge is 0.497 e. The maximum atomic E-state index is 9.21. The zero-order valence-corrected chi connectivity index (χ0v) is 13.5. The van der Waals surface area contributed by atoms with E-state index in [1.54, 1.807) is 7.11 Å². The molecule has 0 amide bonds. The molecule has 1 saturated carbocycles. The van der Waals surface area contributed by atoms with Crippen molar-refractivity contribution in [2.24, 2.45) is 5.92 Å². The quantitative estimate of drug-likeness (QED) is 0.845. The van der Waals surface area contributed by atoms with Crippen LogP contribution in [0.25, 0.3) is 0 Å². The Morgan fingerprint density at radius 3 is 2.29 bits per heavy atom. The fourth-order valence-electron chi connectivity index (χ4n) is 3.22. The summed E-state index contributed by atoms with van der Waals surface area (Å²) in [6.45, 7) is 4.90. The molecule has 2 unspecified atom stereocenters. The van der Waals surface area contributed by atoms with Gasteiger partial charge in [0.1, 0.15) is 5.75 Å². The Morgan fingerprint density at radius 2 is 1.76 bits per heavy atom. The van der Waals surface area contributed by atoms with Gasteiger partial charge in [0.25, 0.3) is 0 Å². The minimum absolute atomic E-state index is 0.352. The minimum Gasteiger partial charge on any atom is -0.497 e. The smallest absolute Gasteiger partial charge is 0.118 e. The van der Waals surface area contributed by atoms with Crippen LogP contribution in [0.5, 0.6) is 5.75 Å². The van der Waals surface area contributed by atoms with Crippen LogP contribution in [0.3, 0.4) is 0 Å². The van der Waals surface area contributed by atoms with Gasteiger partial charge in [0.15, 0.2) is 0 Å². The Labute approximate surface area is 128 Å². The van der Waals surface area contributed by atoms with E-state index in [4.69, 9.17) is 4.74 Å². The predicted molar refractivity (Wildman–Crippen MR) is 86.8 cm³/mol. The van der Waals surface area contributed by atoms with E-state index in [2.05, 4.69) is 31.3 Å². The Balaban J connectivity index is 1.85. The first kappa shape index (κ1) is 16.3. The highest BCUT2D eigenvalue weighted by Crippen LogP contribution is 2.26. The van der Waals surface area contributed by atoms with E-state index in [0.717, 1.165) is 18.6 Å². The highest BCUT2D eigenvalue weighted by Gasteiger charge is 2.23. The molecule has 0 saturated heterocycles. The summed E-state index contributed by atoms with van der Waals surface area (Å²) in [6.07, 6.45) is 4.67. The van der Waals surface area contributed by atoms with Gasteiger partial charge in [-0.25, -0.2) is 0 Å². The van der Waals surface area contributed by atoms with E-state index in [0.29, 0.717) is 30.5 Å². The maximum absolute atomic E-state index is 9.21. The van der Waals surface area contributed by atoms with Gasteiger partial charge in [0.05, 0.1) is 7.11 Å². The third kappa shape index (κ3) is 4.45. The van der Waals surface area contributed by atoms with Gasteiger partial charge in [0, 0.05) is 18.7 Å². The molecule has 0 radical (unpaired) electrons. The van der Waals surface area contributed by atoms with Gasteiger partial charge in [-0.05, 0) is 62.1 Å². The zero-order chi connectivity index (χ0) is 15.2. The Bertz CT molecular complexity index is 410. The van der Waals surface area contributed by atoms with Crippen molar-refractivity contribution < 1.29 is 9.84 Å². The van der Waals surface area contributed by atoms with Crippen molar-refractivity contribution in [2.75, 3.05) is 13.7 Å². The number of ether oxygens (including phenoxy) is 1. The van der Waals surface area contributed by atoms with E-state index < -0.39 is 0 Å². The van der Waals surface area contributed by atoms with Crippen LogP contribution in [0, 0.1) is 5.92 Å². The molecule has 1 aliphatic rings. The first-order chi connectivity index (χ1) is 10.1. The van der Waals surface area contributed by atoms with Gasteiger partial charge in [-0.2, -0.15) is 0 Å². The second kappa shape index (κ2) is 7.81. The van der Waals surface area contributed by atoms with E-state index in [1.165, 1.54) is 18.4 Å². The lowest BCUT2D eigenvalue weighted by molar-refractivity contribution is 0.171. The van der Waals surface area contributed by atoms with Crippen LogP contribution < -0.4 is 10.1 Å². The summed E-state index contributed by atoms with van der Waals surface area (Å²) in [5.41, 5.74) is 1.35. The van der Waals surface area contributed by atoms with E-state index in [-0.39, 0.29) is 0 Å². The summed E-state index contributed by atoms with van der Waals surface area (Å²) in [5, 5.41) is 13.0. The molecule has 2 atom stereocenters. The fourth-order valence-corrected chi connectivity index (χ4v) is 3.22. The number of aliphatic hydroxyl groups excluding tert-OH is 1. The van der Waals surface area contributed by atoms with E-state index in [1.807, 2.05) is 12.1 Å².